The Bertz CT molecular complexity index is 599. The zero-order valence-corrected chi connectivity index (χ0v) is 11.5. The lowest BCUT2D eigenvalue weighted by molar-refractivity contribution is -0.121. The van der Waals surface area contributed by atoms with Gasteiger partial charge in [0.2, 0.25) is 5.91 Å². The summed E-state index contributed by atoms with van der Waals surface area (Å²) < 4.78 is 0. The zero-order chi connectivity index (χ0) is 15.1. The number of aromatic hydroxyl groups is 1. The molecule has 0 radical (unpaired) electrons. The highest BCUT2D eigenvalue weighted by Gasteiger charge is 2.49. The van der Waals surface area contributed by atoms with E-state index in [9.17, 15) is 14.7 Å². The lowest BCUT2D eigenvalue weighted by Gasteiger charge is -2.27. The van der Waals surface area contributed by atoms with Crippen LogP contribution in [-0.4, -0.2) is 28.1 Å². The SMILES string of the molecule is NC1C2CCC(C2)C1C(=O)Nc1cc(C(=O)O)ccc1O. The van der Waals surface area contributed by atoms with Crippen molar-refractivity contribution < 1.29 is 19.8 Å². The van der Waals surface area contributed by atoms with Crippen molar-refractivity contribution in [2.75, 3.05) is 5.32 Å². The van der Waals surface area contributed by atoms with E-state index in [1.165, 1.54) is 18.2 Å². The number of nitrogens with one attached hydrogen (secondary N) is 1. The molecule has 0 aromatic heterocycles. The third-order valence-corrected chi connectivity index (χ3v) is 4.78. The fourth-order valence-electron chi connectivity index (χ4n) is 3.71. The largest absolute Gasteiger partial charge is 0.506 e. The molecule has 6 heteroatoms. The lowest BCUT2D eigenvalue weighted by atomic mass is 9.84. The Kier molecular flexibility index (Phi) is 3.33. The number of hydrogen-bond acceptors (Lipinski definition) is 4. The van der Waals surface area contributed by atoms with Gasteiger partial charge < -0.3 is 21.3 Å². The van der Waals surface area contributed by atoms with Crippen molar-refractivity contribution in [3.05, 3.63) is 23.8 Å². The molecule has 0 heterocycles. The Morgan fingerprint density at radius 1 is 1.24 bits per heavy atom. The van der Waals surface area contributed by atoms with E-state index in [-0.39, 0.29) is 34.9 Å². The van der Waals surface area contributed by atoms with Crippen LogP contribution in [0.25, 0.3) is 0 Å². The fraction of sp³-hybridized carbons (Fsp3) is 0.467. The van der Waals surface area contributed by atoms with E-state index in [0.717, 1.165) is 19.3 Å². The summed E-state index contributed by atoms with van der Waals surface area (Å²) in [5, 5.41) is 21.4. The van der Waals surface area contributed by atoms with Crippen LogP contribution < -0.4 is 11.1 Å². The Hall–Kier alpha value is -2.08. The van der Waals surface area contributed by atoms with Crippen molar-refractivity contribution in [2.45, 2.75) is 25.3 Å². The first-order valence-electron chi connectivity index (χ1n) is 7.10. The van der Waals surface area contributed by atoms with Gasteiger partial charge in [0.15, 0.2) is 0 Å². The first-order valence-corrected chi connectivity index (χ1v) is 7.10. The molecule has 2 bridgehead atoms. The van der Waals surface area contributed by atoms with Gasteiger partial charge in [0.05, 0.1) is 17.2 Å². The summed E-state index contributed by atoms with van der Waals surface area (Å²) in [4.78, 5) is 23.3. The summed E-state index contributed by atoms with van der Waals surface area (Å²) in [5.74, 6) is -1.03. The van der Waals surface area contributed by atoms with E-state index in [4.69, 9.17) is 10.8 Å². The lowest BCUT2D eigenvalue weighted by Crippen LogP contribution is -2.42. The number of carboxylic acids is 1. The number of rotatable bonds is 3. The summed E-state index contributed by atoms with van der Waals surface area (Å²) in [6, 6.07) is 3.67. The minimum Gasteiger partial charge on any atom is -0.506 e. The highest BCUT2D eigenvalue weighted by Crippen LogP contribution is 2.48. The second kappa shape index (κ2) is 5.04. The van der Waals surface area contributed by atoms with Gasteiger partial charge in [0.25, 0.3) is 0 Å². The molecule has 0 aliphatic heterocycles. The molecule has 0 saturated heterocycles. The average molecular weight is 290 g/mol. The highest BCUT2D eigenvalue weighted by molar-refractivity contribution is 5.97. The van der Waals surface area contributed by atoms with Gasteiger partial charge in [-0.05, 0) is 49.3 Å². The van der Waals surface area contributed by atoms with E-state index >= 15 is 0 Å². The molecule has 0 spiro atoms. The molecule has 5 N–H and O–H groups in total. The molecule has 2 aliphatic carbocycles. The zero-order valence-electron chi connectivity index (χ0n) is 11.5. The Morgan fingerprint density at radius 3 is 2.57 bits per heavy atom. The topological polar surface area (TPSA) is 113 Å². The van der Waals surface area contributed by atoms with Crippen molar-refractivity contribution in [1.29, 1.82) is 0 Å². The summed E-state index contributed by atoms with van der Waals surface area (Å²) in [6.07, 6.45) is 3.08. The molecule has 21 heavy (non-hydrogen) atoms. The van der Waals surface area contributed by atoms with Gasteiger partial charge in [0.1, 0.15) is 5.75 Å². The molecule has 112 valence electrons. The van der Waals surface area contributed by atoms with Crippen molar-refractivity contribution in [3.63, 3.8) is 0 Å². The number of anilines is 1. The molecule has 2 saturated carbocycles. The molecule has 2 fully saturated rings. The number of benzene rings is 1. The van der Waals surface area contributed by atoms with Crippen molar-refractivity contribution in [1.82, 2.24) is 0 Å². The number of nitrogens with two attached hydrogens (primary N) is 1. The van der Waals surface area contributed by atoms with Crippen LogP contribution in [0.5, 0.6) is 5.75 Å². The van der Waals surface area contributed by atoms with Crippen LogP contribution in [0.2, 0.25) is 0 Å². The van der Waals surface area contributed by atoms with Gasteiger partial charge >= 0.3 is 5.97 Å². The molecular weight excluding hydrogens is 272 g/mol. The maximum absolute atomic E-state index is 12.4. The Morgan fingerprint density at radius 2 is 1.95 bits per heavy atom. The van der Waals surface area contributed by atoms with Gasteiger partial charge in [-0.25, -0.2) is 4.79 Å². The summed E-state index contributed by atoms with van der Waals surface area (Å²) in [6.45, 7) is 0. The number of fused-ring (bicyclic) bond motifs is 2. The summed E-state index contributed by atoms with van der Waals surface area (Å²) in [7, 11) is 0. The second-order valence-electron chi connectivity index (χ2n) is 5.96. The number of hydrogen-bond donors (Lipinski definition) is 4. The third kappa shape index (κ3) is 2.35. The van der Waals surface area contributed by atoms with Gasteiger partial charge in [-0.3, -0.25) is 4.79 Å². The fourth-order valence-corrected chi connectivity index (χ4v) is 3.71. The van der Waals surface area contributed by atoms with Gasteiger partial charge in [-0.15, -0.1) is 0 Å². The van der Waals surface area contributed by atoms with Gasteiger partial charge in [0, 0.05) is 6.04 Å². The monoisotopic (exact) mass is 290 g/mol. The van der Waals surface area contributed by atoms with Gasteiger partial charge in [-0.2, -0.15) is 0 Å². The molecule has 1 aromatic rings. The van der Waals surface area contributed by atoms with E-state index < -0.39 is 5.97 Å². The molecular formula is C15H18N2O4. The van der Waals surface area contributed by atoms with Crippen LogP contribution in [0.1, 0.15) is 29.6 Å². The molecule has 1 aromatic carbocycles. The minimum absolute atomic E-state index is 0.0142. The van der Waals surface area contributed by atoms with Crippen molar-refractivity contribution in [3.8, 4) is 5.75 Å². The molecule has 4 unspecified atom stereocenters. The van der Waals surface area contributed by atoms with Crippen LogP contribution in [0.15, 0.2) is 18.2 Å². The predicted molar refractivity (Wildman–Crippen MR) is 76.0 cm³/mol. The van der Waals surface area contributed by atoms with E-state index in [0.29, 0.717) is 11.8 Å². The van der Waals surface area contributed by atoms with Crippen molar-refractivity contribution >= 4 is 17.6 Å². The predicted octanol–water partition coefficient (Wildman–Crippen LogP) is 1.40. The smallest absolute Gasteiger partial charge is 0.335 e. The normalized spacial score (nSPS) is 30.3. The van der Waals surface area contributed by atoms with Gasteiger partial charge in [-0.1, -0.05) is 0 Å². The van der Waals surface area contributed by atoms with Crippen LogP contribution in [-0.2, 0) is 4.79 Å². The van der Waals surface area contributed by atoms with Crippen molar-refractivity contribution in [2.24, 2.45) is 23.5 Å². The maximum Gasteiger partial charge on any atom is 0.335 e. The standard InChI is InChI=1S/C15H18N2O4/c16-13-8-2-1-7(5-8)12(13)14(19)17-10-6-9(15(20)21)3-4-11(10)18/h3-4,6-8,12-13,18H,1-2,5,16H2,(H,17,19)(H,20,21). The number of phenols is 1. The van der Waals surface area contributed by atoms with Crippen LogP contribution >= 0.6 is 0 Å². The first kappa shape index (κ1) is 13.9. The maximum atomic E-state index is 12.4. The summed E-state index contributed by atoms with van der Waals surface area (Å²) >= 11 is 0. The molecule has 2 aliphatic rings. The highest BCUT2D eigenvalue weighted by atomic mass is 16.4. The number of carbonyl (C=O) groups is 2. The third-order valence-electron chi connectivity index (χ3n) is 4.78. The summed E-state index contributed by atoms with van der Waals surface area (Å²) in [5.41, 5.74) is 6.25. The quantitative estimate of drug-likeness (QED) is 0.629. The second-order valence-corrected chi connectivity index (χ2v) is 5.96. The number of amides is 1. The number of phenolic OH excluding ortho intramolecular Hbond substituents is 1. The Labute approximate surface area is 122 Å². The molecule has 3 rings (SSSR count). The number of carbonyl (C=O) groups excluding carboxylic acids is 1. The van der Waals surface area contributed by atoms with Crippen LogP contribution in [0.4, 0.5) is 5.69 Å². The molecule has 4 atom stereocenters. The molecule has 6 nitrogen and oxygen atoms in total. The average Bonchev–Trinajstić information content (AvgIpc) is 3.01. The number of aromatic carboxylic acids is 1. The number of carboxylic acid groups (broad SMARTS) is 1. The van der Waals surface area contributed by atoms with E-state index in [2.05, 4.69) is 5.32 Å². The van der Waals surface area contributed by atoms with Crippen LogP contribution in [0.3, 0.4) is 0 Å². The minimum atomic E-state index is -1.11. The first-order chi connectivity index (χ1) is 9.97. The molecule has 1 amide bonds. The van der Waals surface area contributed by atoms with E-state index in [1.54, 1.807) is 0 Å². The van der Waals surface area contributed by atoms with Crippen LogP contribution in [0, 0.1) is 17.8 Å². The Balaban J connectivity index is 1.79. The van der Waals surface area contributed by atoms with E-state index in [1.807, 2.05) is 0 Å².